The summed E-state index contributed by atoms with van der Waals surface area (Å²) in [6, 6.07) is 5.55. The van der Waals surface area contributed by atoms with Gasteiger partial charge in [-0.15, -0.1) is 0 Å². The Labute approximate surface area is 108 Å². The SMILES string of the molecule is CCC1CCCN1C(=O)c1ccc(N)cc1OC. The molecule has 1 aromatic carbocycles. The second kappa shape index (κ2) is 5.29. The highest BCUT2D eigenvalue weighted by Crippen LogP contribution is 2.27. The van der Waals surface area contributed by atoms with Crippen LogP contribution in [0, 0.1) is 0 Å². The molecule has 0 bridgehead atoms. The summed E-state index contributed by atoms with van der Waals surface area (Å²) in [6.07, 6.45) is 3.18. The van der Waals surface area contributed by atoms with Crippen molar-refractivity contribution in [2.24, 2.45) is 0 Å². The van der Waals surface area contributed by atoms with Crippen LogP contribution in [0.2, 0.25) is 0 Å². The molecule has 1 aliphatic rings. The molecule has 4 heteroatoms. The highest BCUT2D eigenvalue weighted by molar-refractivity contribution is 5.97. The third-order valence-electron chi connectivity index (χ3n) is 3.57. The summed E-state index contributed by atoms with van der Waals surface area (Å²) in [4.78, 5) is 14.5. The molecule has 0 aliphatic carbocycles. The summed E-state index contributed by atoms with van der Waals surface area (Å²) >= 11 is 0. The number of benzene rings is 1. The van der Waals surface area contributed by atoms with E-state index >= 15 is 0 Å². The van der Waals surface area contributed by atoms with Crippen molar-refractivity contribution in [3.8, 4) is 5.75 Å². The minimum Gasteiger partial charge on any atom is -0.496 e. The Morgan fingerprint density at radius 3 is 3.00 bits per heavy atom. The van der Waals surface area contributed by atoms with Gasteiger partial charge in [-0.1, -0.05) is 6.92 Å². The smallest absolute Gasteiger partial charge is 0.257 e. The van der Waals surface area contributed by atoms with E-state index in [2.05, 4.69) is 6.92 Å². The van der Waals surface area contributed by atoms with Gasteiger partial charge in [-0.25, -0.2) is 0 Å². The molecule has 1 saturated heterocycles. The number of carbonyl (C=O) groups excluding carboxylic acids is 1. The second-order valence-corrected chi connectivity index (χ2v) is 4.66. The normalized spacial score (nSPS) is 19.0. The number of nitrogen functional groups attached to an aromatic ring is 1. The number of methoxy groups -OCH3 is 1. The van der Waals surface area contributed by atoms with Crippen molar-refractivity contribution in [1.29, 1.82) is 0 Å². The molecule has 1 aliphatic heterocycles. The maximum atomic E-state index is 12.5. The number of ether oxygens (including phenoxy) is 1. The average Bonchev–Trinajstić information content (AvgIpc) is 2.86. The van der Waals surface area contributed by atoms with Gasteiger partial charge >= 0.3 is 0 Å². The first-order chi connectivity index (χ1) is 8.67. The molecule has 2 rings (SSSR count). The third kappa shape index (κ3) is 2.28. The van der Waals surface area contributed by atoms with E-state index < -0.39 is 0 Å². The zero-order chi connectivity index (χ0) is 13.1. The predicted molar refractivity (Wildman–Crippen MR) is 71.8 cm³/mol. The molecule has 4 nitrogen and oxygen atoms in total. The number of hydrogen-bond donors (Lipinski definition) is 1. The zero-order valence-electron chi connectivity index (χ0n) is 11.0. The number of hydrogen-bond acceptors (Lipinski definition) is 3. The minimum absolute atomic E-state index is 0.0520. The van der Waals surface area contributed by atoms with Crippen LogP contribution in [-0.4, -0.2) is 30.5 Å². The monoisotopic (exact) mass is 248 g/mol. The van der Waals surface area contributed by atoms with Crippen molar-refractivity contribution in [2.45, 2.75) is 32.2 Å². The van der Waals surface area contributed by atoms with Gasteiger partial charge in [-0.05, 0) is 31.4 Å². The van der Waals surface area contributed by atoms with Gasteiger partial charge in [-0.3, -0.25) is 4.79 Å². The maximum absolute atomic E-state index is 12.5. The van der Waals surface area contributed by atoms with Crippen LogP contribution in [0.3, 0.4) is 0 Å². The molecular formula is C14H20N2O2. The fourth-order valence-electron chi connectivity index (χ4n) is 2.57. The van der Waals surface area contributed by atoms with E-state index in [4.69, 9.17) is 10.5 Å². The molecular weight excluding hydrogens is 228 g/mol. The van der Waals surface area contributed by atoms with Crippen LogP contribution in [0.15, 0.2) is 18.2 Å². The van der Waals surface area contributed by atoms with Crippen LogP contribution in [0.5, 0.6) is 5.75 Å². The summed E-state index contributed by atoms with van der Waals surface area (Å²) in [5, 5.41) is 0. The van der Waals surface area contributed by atoms with E-state index in [9.17, 15) is 4.79 Å². The molecule has 1 unspecified atom stereocenters. The number of likely N-dealkylation sites (tertiary alicyclic amines) is 1. The predicted octanol–water partition coefficient (Wildman–Crippen LogP) is 2.29. The Bertz CT molecular complexity index is 445. The van der Waals surface area contributed by atoms with Crippen molar-refractivity contribution >= 4 is 11.6 Å². The molecule has 1 aromatic rings. The summed E-state index contributed by atoms with van der Waals surface area (Å²) < 4.78 is 5.25. The van der Waals surface area contributed by atoms with Gasteiger partial charge in [0.05, 0.1) is 12.7 Å². The van der Waals surface area contributed by atoms with Gasteiger partial charge in [-0.2, -0.15) is 0 Å². The Kier molecular flexibility index (Phi) is 3.75. The van der Waals surface area contributed by atoms with Gasteiger partial charge in [0, 0.05) is 24.3 Å². The van der Waals surface area contributed by atoms with E-state index in [1.54, 1.807) is 25.3 Å². The fourth-order valence-corrected chi connectivity index (χ4v) is 2.57. The lowest BCUT2D eigenvalue weighted by atomic mass is 10.1. The summed E-state index contributed by atoms with van der Waals surface area (Å²) in [6.45, 7) is 2.96. The molecule has 1 amide bonds. The van der Waals surface area contributed by atoms with Crippen molar-refractivity contribution in [1.82, 2.24) is 4.90 Å². The number of nitrogens with two attached hydrogens (primary N) is 1. The van der Waals surface area contributed by atoms with Crippen LogP contribution in [0.25, 0.3) is 0 Å². The average molecular weight is 248 g/mol. The second-order valence-electron chi connectivity index (χ2n) is 4.66. The lowest BCUT2D eigenvalue weighted by molar-refractivity contribution is 0.0730. The Balaban J connectivity index is 2.28. The summed E-state index contributed by atoms with van der Waals surface area (Å²) in [5.41, 5.74) is 6.92. The molecule has 1 fully saturated rings. The Morgan fingerprint density at radius 2 is 2.33 bits per heavy atom. The standard InChI is InChI=1S/C14H20N2O2/c1-3-11-5-4-8-16(11)14(17)12-7-6-10(15)9-13(12)18-2/h6-7,9,11H,3-5,8,15H2,1-2H3. The van der Waals surface area contributed by atoms with Crippen LogP contribution >= 0.6 is 0 Å². The lowest BCUT2D eigenvalue weighted by Gasteiger charge is -2.24. The van der Waals surface area contributed by atoms with Crippen molar-refractivity contribution in [3.05, 3.63) is 23.8 Å². The third-order valence-corrected chi connectivity index (χ3v) is 3.57. The van der Waals surface area contributed by atoms with Crippen LogP contribution in [0.4, 0.5) is 5.69 Å². The van der Waals surface area contributed by atoms with E-state index in [0.29, 0.717) is 23.0 Å². The quantitative estimate of drug-likeness (QED) is 0.835. The molecule has 1 atom stereocenters. The zero-order valence-corrected chi connectivity index (χ0v) is 11.0. The number of anilines is 1. The molecule has 0 aromatic heterocycles. The van der Waals surface area contributed by atoms with Gasteiger partial charge in [0.25, 0.3) is 5.91 Å². The summed E-state index contributed by atoms with van der Waals surface area (Å²) in [7, 11) is 1.56. The first kappa shape index (κ1) is 12.7. The minimum atomic E-state index is 0.0520. The van der Waals surface area contributed by atoms with Crippen molar-refractivity contribution in [3.63, 3.8) is 0 Å². The van der Waals surface area contributed by atoms with Gasteiger partial charge in [0.1, 0.15) is 5.75 Å². The van der Waals surface area contributed by atoms with Gasteiger partial charge in [0.15, 0.2) is 0 Å². The van der Waals surface area contributed by atoms with Crippen molar-refractivity contribution in [2.75, 3.05) is 19.4 Å². The largest absolute Gasteiger partial charge is 0.496 e. The number of nitrogens with zero attached hydrogens (tertiary/aromatic N) is 1. The molecule has 0 spiro atoms. The molecule has 2 N–H and O–H groups in total. The van der Waals surface area contributed by atoms with E-state index in [1.807, 2.05) is 4.90 Å². The molecule has 1 heterocycles. The van der Waals surface area contributed by atoms with Crippen LogP contribution in [-0.2, 0) is 0 Å². The van der Waals surface area contributed by atoms with Crippen LogP contribution in [0.1, 0.15) is 36.5 Å². The highest BCUT2D eigenvalue weighted by Gasteiger charge is 2.29. The van der Waals surface area contributed by atoms with Gasteiger partial charge in [0.2, 0.25) is 0 Å². The number of rotatable bonds is 3. The molecule has 18 heavy (non-hydrogen) atoms. The number of amides is 1. The first-order valence-electron chi connectivity index (χ1n) is 6.41. The van der Waals surface area contributed by atoms with E-state index in [-0.39, 0.29) is 5.91 Å². The van der Waals surface area contributed by atoms with Crippen LogP contribution < -0.4 is 10.5 Å². The Morgan fingerprint density at radius 1 is 1.56 bits per heavy atom. The first-order valence-corrected chi connectivity index (χ1v) is 6.41. The molecule has 0 radical (unpaired) electrons. The van der Waals surface area contributed by atoms with E-state index in [0.717, 1.165) is 25.8 Å². The number of carbonyl (C=O) groups is 1. The lowest BCUT2D eigenvalue weighted by Crippen LogP contribution is -2.35. The summed E-state index contributed by atoms with van der Waals surface area (Å²) in [5.74, 6) is 0.609. The maximum Gasteiger partial charge on any atom is 0.257 e. The fraction of sp³-hybridized carbons (Fsp3) is 0.500. The Hall–Kier alpha value is -1.71. The van der Waals surface area contributed by atoms with Crippen molar-refractivity contribution < 1.29 is 9.53 Å². The molecule has 98 valence electrons. The topological polar surface area (TPSA) is 55.6 Å². The molecule has 0 saturated carbocycles. The van der Waals surface area contributed by atoms with E-state index in [1.165, 1.54) is 0 Å². The highest BCUT2D eigenvalue weighted by atomic mass is 16.5. The van der Waals surface area contributed by atoms with Gasteiger partial charge < -0.3 is 15.4 Å².